The molecule has 3 rings (SSSR count). The second kappa shape index (κ2) is 6.22. The van der Waals surface area contributed by atoms with E-state index in [1.165, 1.54) is 0 Å². The number of para-hydroxylation sites is 1. The minimum atomic E-state index is -0.137. The first-order valence-corrected chi connectivity index (χ1v) is 7.72. The lowest BCUT2D eigenvalue weighted by atomic mass is 9.96. The summed E-state index contributed by atoms with van der Waals surface area (Å²) in [5.74, 6) is -0.187. The monoisotopic (exact) mass is 300 g/mol. The number of benzene rings is 1. The molecule has 1 aliphatic heterocycles. The van der Waals surface area contributed by atoms with Gasteiger partial charge in [0, 0.05) is 30.2 Å². The molecule has 2 aromatic rings. The molecule has 116 valence electrons. The van der Waals surface area contributed by atoms with E-state index in [1.807, 2.05) is 36.1 Å². The van der Waals surface area contributed by atoms with Crippen molar-refractivity contribution < 1.29 is 14.3 Å². The minimum absolute atomic E-state index is 0.0276. The van der Waals surface area contributed by atoms with Gasteiger partial charge in [0.15, 0.2) is 0 Å². The van der Waals surface area contributed by atoms with E-state index in [-0.39, 0.29) is 17.8 Å². The van der Waals surface area contributed by atoms with Gasteiger partial charge in [-0.3, -0.25) is 9.59 Å². The van der Waals surface area contributed by atoms with Crippen LogP contribution in [0, 0.1) is 5.92 Å². The van der Waals surface area contributed by atoms with Crippen molar-refractivity contribution in [1.82, 2.24) is 9.88 Å². The van der Waals surface area contributed by atoms with Crippen molar-refractivity contribution in [1.29, 1.82) is 0 Å². The second-order valence-electron chi connectivity index (χ2n) is 5.57. The fourth-order valence-corrected chi connectivity index (χ4v) is 3.00. The van der Waals surface area contributed by atoms with Gasteiger partial charge in [0.1, 0.15) is 0 Å². The lowest BCUT2D eigenvalue weighted by molar-refractivity contribution is -0.149. The van der Waals surface area contributed by atoms with Crippen LogP contribution in [0.2, 0.25) is 0 Å². The standard InChI is InChI=1S/C17H20N2O3/c1-2-22-17(21)12-7-9-19(10-8-12)16(20)14-11-18-15-6-4-3-5-13(14)15/h3-6,11-12,18H,2,7-10H2,1H3. The summed E-state index contributed by atoms with van der Waals surface area (Å²) in [4.78, 5) is 29.4. The molecule has 5 nitrogen and oxygen atoms in total. The van der Waals surface area contributed by atoms with E-state index >= 15 is 0 Å². The van der Waals surface area contributed by atoms with E-state index in [0.29, 0.717) is 38.1 Å². The smallest absolute Gasteiger partial charge is 0.309 e. The molecule has 1 aliphatic rings. The third-order valence-electron chi connectivity index (χ3n) is 4.22. The number of aromatic amines is 1. The zero-order valence-corrected chi connectivity index (χ0v) is 12.7. The van der Waals surface area contributed by atoms with Crippen LogP contribution < -0.4 is 0 Å². The summed E-state index contributed by atoms with van der Waals surface area (Å²) in [6.45, 7) is 3.42. The van der Waals surface area contributed by atoms with Crippen molar-refractivity contribution in [3.63, 3.8) is 0 Å². The molecule has 0 saturated carbocycles. The Balaban J connectivity index is 1.69. The van der Waals surface area contributed by atoms with E-state index in [2.05, 4.69) is 4.98 Å². The van der Waals surface area contributed by atoms with Crippen molar-refractivity contribution in [2.24, 2.45) is 5.92 Å². The van der Waals surface area contributed by atoms with Crippen LogP contribution in [0.25, 0.3) is 10.9 Å². The lowest BCUT2D eigenvalue weighted by Crippen LogP contribution is -2.40. The number of carbonyl (C=O) groups excluding carboxylic acids is 2. The molecule has 0 bridgehead atoms. The number of likely N-dealkylation sites (tertiary alicyclic amines) is 1. The topological polar surface area (TPSA) is 62.4 Å². The highest BCUT2D eigenvalue weighted by atomic mass is 16.5. The molecular formula is C17H20N2O3. The fraction of sp³-hybridized carbons (Fsp3) is 0.412. The number of amides is 1. The molecule has 1 N–H and O–H groups in total. The van der Waals surface area contributed by atoms with E-state index in [9.17, 15) is 9.59 Å². The number of H-pyrrole nitrogens is 1. The minimum Gasteiger partial charge on any atom is -0.466 e. The van der Waals surface area contributed by atoms with Crippen LogP contribution in [0.4, 0.5) is 0 Å². The van der Waals surface area contributed by atoms with Gasteiger partial charge in [0.2, 0.25) is 0 Å². The summed E-state index contributed by atoms with van der Waals surface area (Å²) < 4.78 is 5.06. The van der Waals surface area contributed by atoms with Gasteiger partial charge in [0.25, 0.3) is 5.91 Å². The summed E-state index contributed by atoms with van der Waals surface area (Å²) >= 11 is 0. The van der Waals surface area contributed by atoms with Gasteiger partial charge in [0.05, 0.1) is 18.1 Å². The van der Waals surface area contributed by atoms with Gasteiger partial charge < -0.3 is 14.6 Å². The highest BCUT2D eigenvalue weighted by Gasteiger charge is 2.29. The molecule has 22 heavy (non-hydrogen) atoms. The number of hydrogen-bond acceptors (Lipinski definition) is 3. The summed E-state index contributed by atoms with van der Waals surface area (Å²) in [6, 6.07) is 7.78. The molecule has 1 amide bonds. The maximum atomic E-state index is 12.7. The largest absolute Gasteiger partial charge is 0.466 e. The number of nitrogens with one attached hydrogen (secondary N) is 1. The molecular weight excluding hydrogens is 280 g/mol. The molecule has 5 heteroatoms. The number of nitrogens with zero attached hydrogens (tertiary/aromatic N) is 1. The summed E-state index contributed by atoms with van der Waals surface area (Å²) in [6.07, 6.45) is 3.12. The lowest BCUT2D eigenvalue weighted by Gasteiger charge is -2.30. The predicted molar refractivity (Wildman–Crippen MR) is 83.6 cm³/mol. The van der Waals surface area contributed by atoms with Gasteiger partial charge in [-0.25, -0.2) is 0 Å². The Morgan fingerprint density at radius 2 is 2.00 bits per heavy atom. The van der Waals surface area contributed by atoms with Crippen LogP contribution in [0.15, 0.2) is 30.5 Å². The van der Waals surface area contributed by atoms with Gasteiger partial charge in [-0.05, 0) is 25.8 Å². The summed E-state index contributed by atoms with van der Waals surface area (Å²) in [5.41, 5.74) is 1.66. The zero-order chi connectivity index (χ0) is 15.5. The Bertz CT molecular complexity index is 684. The molecule has 1 fully saturated rings. The van der Waals surface area contributed by atoms with E-state index in [1.54, 1.807) is 6.20 Å². The van der Waals surface area contributed by atoms with E-state index in [0.717, 1.165) is 10.9 Å². The predicted octanol–water partition coefficient (Wildman–Crippen LogP) is 2.58. The van der Waals surface area contributed by atoms with Gasteiger partial charge in [-0.2, -0.15) is 0 Å². The highest BCUT2D eigenvalue weighted by molar-refractivity contribution is 6.06. The highest BCUT2D eigenvalue weighted by Crippen LogP contribution is 2.23. The number of ether oxygens (including phenoxy) is 1. The van der Waals surface area contributed by atoms with E-state index in [4.69, 9.17) is 4.74 Å². The number of esters is 1. The number of piperidine rings is 1. The molecule has 2 heterocycles. The SMILES string of the molecule is CCOC(=O)C1CCN(C(=O)c2c[nH]c3ccccc23)CC1. The number of aromatic nitrogens is 1. The number of fused-ring (bicyclic) bond motifs is 1. The molecule has 0 radical (unpaired) electrons. The molecule has 1 aromatic carbocycles. The molecule has 0 aliphatic carbocycles. The molecule has 0 spiro atoms. The first-order valence-electron chi connectivity index (χ1n) is 7.72. The van der Waals surface area contributed by atoms with Crippen LogP contribution >= 0.6 is 0 Å². The van der Waals surface area contributed by atoms with Crippen LogP contribution in [-0.4, -0.2) is 41.5 Å². The average molecular weight is 300 g/mol. The van der Waals surface area contributed by atoms with Crippen LogP contribution in [-0.2, 0) is 9.53 Å². The third kappa shape index (κ3) is 2.71. The maximum Gasteiger partial charge on any atom is 0.309 e. The second-order valence-corrected chi connectivity index (χ2v) is 5.57. The third-order valence-corrected chi connectivity index (χ3v) is 4.22. The van der Waals surface area contributed by atoms with Crippen molar-refractivity contribution in [3.05, 3.63) is 36.0 Å². The number of hydrogen-bond donors (Lipinski definition) is 1. The normalized spacial score (nSPS) is 16.0. The van der Waals surface area contributed by atoms with Crippen molar-refractivity contribution >= 4 is 22.8 Å². The zero-order valence-electron chi connectivity index (χ0n) is 12.7. The molecule has 0 atom stereocenters. The fourth-order valence-electron chi connectivity index (χ4n) is 3.00. The molecule has 1 saturated heterocycles. The molecule has 1 aromatic heterocycles. The Morgan fingerprint density at radius 1 is 1.27 bits per heavy atom. The van der Waals surface area contributed by atoms with Gasteiger partial charge >= 0.3 is 5.97 Å². The molecule has 0 unspecified atom stereocenters. The first kappa shape index (κ1) is 14.6. The van der Waals surface area contributed by atoms with Crippen molar-refractivity contribution in [2.45, 2.75) is 19.8 Å². The van der Waals surface area contributed by atoms with Crippen molar-refractivity contribution in [2.75, 3.05) is 19.7 Å². The summed E-state index contributed by atoms with van der Waals surface area (Å²) in [7, 11) is 0. The Labute approximate surface area is 129 Å². The Morgan fingerprint density at radius 3 is 2.73 bits per heavy atom. The van der Waals surface area contributed by atoms with Gasteiger partial charge in [-0.15, -0.1) is 0 Å². The van der Waals surface area contributed by atoms with Crippen LogP contribution in [0.1, 0.15) is 30.1 Å². The average Bonchev–Trinajstić information content (AvgIpc) is 2.98. The van der Waals surface area contributed by atoms with Crippen LogP contribution in [0.3, 0.4) is 0 Å². The number of carbonyl (C=O) groups is 2. The van der Waals surface area contributed by atoms with E-state index < -0.39 is 0 Å². The van der Waals surface area contributed by atoms with Crippen molar-refractivity contribution in [3.8, 4) is 0 Å². The number of rotatable bonds is 3. The quantitative estimate of drug-likeness (QED) is 0.886. The summed E-state index contributed by atoms with van der Waals surface area (Å²) in [5, 5.41) is 0.944. The maximum absolute atomic E-state index is 12.7. The Kier molecular flexibility index (Phi) is 4.13. The van der Waals surface area contributed by atoms with Crippen LogP contribution in [0.5, 0.6) is 0 Å². The Hall–Kier alpha value is -2.30. The first-order chi connectivity index (χ1) is 10.7. The van der Waals surface area contributed by atoms with Gasteiger partial charge in [-0.1, -0.05) is 18.2 Å².